The van der Waals surface area contributed by atoms with Gasteiger partial charge in [-0.25, -0.2) is 0 Å². The van der Waals surface area contributed by atoms with Crippen molar-refractivity contribution in [3.63, 3.8) is 0 Å². The molecule has 0 aliphatic heterocycles. The van der Waals surface area contributed by atoms with E-state index in [1.165, 1.54) is 0 Å². The van der Waals surface area contributed by atoms with E-state index < -0.39 is 44.6 Å². The van der Waals surface area contributed by atoms with Crippen LogP contribution in [0.25, 0.3) is 10.9 Å². The lowest BCUT2D eigenvalue weighted by Crippen LogP contribution is -2.30. The Morgan fingerprint density at radius 1 is 1.20 bits per heavy atom. The van der Waals surface area contributed by atoms with Crippen molar-refractivity contribution in [1.82, 2.24) is 10.3 Å². The number of nitrogens with one attached hydrogen (secondary N) is 2. The summed E-state index contributed by atoms with van der Waals surface area (Å²) in [4.78, 5) is 37.5. The molecule has 156 valence electrons. The molecule has 7 nitrogen and oxygen atoms in total. The van der Waals surface area contributed by atoms with E-state index in [1.807, 2.05) is 31.2 Å². The van der Waals surface area contributed by atoms with Gasteiger partial charge < -0.3 is 10.3 Å². The predicted octanol–water partition coefficient (Wildman–Crippen LogP) is 3.74. The van der Waals surface area contributed by atoms with Crippen molar-refractivity contribution in [3.05, 3.63) is 85.2 Å². The number of hydrogen-bond acceptors (Lipinski definition) is 4. The maximum atomic E-state index is 13.1. The number of rotatable bonds is 5. The van der Waals surface area contributed by atoms with Gasteiger partial charge in [0.2, 0.25) is 5.43 Å². The Labute approximate surface area is 167 Å². The number of aromatic nitrogens is 1. The summed E-state index contributed by atoms with van der Waals surface area (Å²) in [5.74, 6) is -0.787. The second-order valence-electron chi connectivity index (χ2n) is 6.70. The molecule has 10 heteroatoms. The molecule has 0 fully saturated rings. The zero-order valence-electron chi connectivity index (χ0n) is 15.7. The van der Waals surface area contributed by atoms with Crippen LogP contribution in [0.4, 0.5) is 18.9 Å². The van der Waals surface area contributed by atoms with Gasteiger partial charge in [0.25, 0.3) is 11.6 Å². The summed E-state index contributed by atoms with van der Waals surface area (Å²) < 4.78 is 39.3. The first-order chi connectivity index (χ1) is 14.1. The van der Waals surface area contributed by atoms with Crippen LogP contribution in [0.15, 0.2) is 47.4 Å². The molecule has 0 radical (unpaired) electrons. The molecule has 0 atom stereocenters. The molecule has 2 aromatic carbocycles. The second kappa shape index (κ2) is 7.97. The van der Waals surface area contributed by atoms with Crippen LogP contribution in [0.1, 0.15) is 27.0 Å². The third-order valence-electron chi connectivity index (χ3n) is 4.56. The summed E-state index contributed by atoms with van der Waals surface area (Å²) in [6, 6.07) is 8.46. The van der Waals surface area contributed by atoms with Gasteiger partial charge in [-0.2, -0.15) is 13.2 Å². The van der Waals surface area contributed by atoms with Gasteiger partial charge in [-0.15, -0.1) is 0 Å². The molecule has 3 aromatic rings. The highest BCUT2D eigenvalue weighted by Crippen LogP contribution is 2.34. The van der Waals surface area contributed by atoms with Gasteiger partial charge in [0, 0.05) is 18.8 Å². The number of nitro groups is 1. The second-order valence-corrected chi connectivity index (χ2v) is 6.70. The molecule has 1 heterocycles. The standard InChI is InChI=1S/C20H16F3N3O4/c1-11-2-4-12(5-3-11)6-7-24-19(28)15-10-25-17-14(18(15)27)8-13(20(21,22)23)9-16(17)26(29)30/h2-5,8-10H,6-7H2,1H3,(H,24,28)(H,25,27). The Kier molecular flexibility index (Phi) is 5.59. The van der Waals surface area contributed by atoms with Crippen molar-refractivity contribution in [2.75, 3.05) is 6.54 Å². The number of fused-ring (bicyclic) bond motifs is 1. The fourth-order valence-electron chi connectivity index (χ4n) is 2.96. The Morgan fingerprint density at radius 2 is 1.87 bits per heavy atom. The number of aryl methyl sites for hydroxylation is 1. The summed E-state index contributed by atoms with van der Waals surface area (Å²) >= 11 is 0. The van der Waals surface area contributed by atoms with Gasteiger partial charge in [-0.1, -0.05) is 29.8 Å². The minimum Gasteiger partial charge on any atom is -0.355 e. The number of alkyl halides is 3. The van der Waals surface area contributed by atoms with Gasteiger partial charge in [0.1, 0.15) is 11.1 Å². The number of carbonyl (C=O) groups is 1. The zero-order valence-corrected chi connectivity index (χ0v) is 15.7. The van der Waals surface area contributed by atoms with Crippen LogP contribution in [-0.4, -0.2) is 22.4 Å². The molecule has 0 saturated carbocycles. The topological polar surface area (TPSA) is 105 Å². The molecular weight excluding hydrogens is 403 g/mol. The first-order valence-corrected chi connectivity index (χ1v) is 8.82. The van der Waals surface area contributed by atoms with E-state index in [9.17, 15) is 32.9 Å². The molecule has 0 spiro atoms. The number of benzene rings is 2. The number of halogens is 3. The Balaban J connectivity index is 1.91. The first-order valence-electron chi connectivity index (χ1n) is 8.82. The van der Waals surface area contributed by atoms with Gasteiger partial charge in [0.05, 0.1) is 15.9 Å². The third kappa shape index (κ3) is 4.32. The predicted molar refractivity (Wildman–Crippen MR) is 103 cm³/mol. The number of carbonyl (C=O) groups excluding carboxylic acids is 1. The molecule has 3 rings (SSSR count). The molecular formula is C20H16F3N3O4. The third-order valence-corrected chi connectivity index (χ3v) is 4.56. The fraction of sp³-hybridized carbons (Fsp3) is 0.200. The van der Waals surface area contributed by atoms with Gasteiger partial charge in [0.15, 0.2) is 0 Å². The SMILES string of the molecule is Cc1ccc(CCNC(=O)c2c[nH]c3c([N+](=O)[O-])cc(C(F)(F)F)cc3c2=O)cc1. The number of amides is 1. The maximum Gasteiger partial charge on any atom is 0.416 e. The van der Waals surface area contributed by atoms with Crippen molar-refractivity contribution in [2.24, 2.45) is 0 Å². The quantitative estimate of drug-likeness (QED) is 0.486. The molecule has 1 aromatic heterocycles. The van der Waals surface area contributed by atoms with E-state index in [1.54, 1.807) is 0 Å². The summed E-state index contributed by atoms with van der Waals surface area (Å²) in [6.45, 7) is 2.13. The summed E-state index contributed by atoms with van der Waals surface area (Å²) in [5.41, 5.74) is -2.04. The van der Waals surface area contributed by atoms with Gasteiger partial charge in [-0.3, -0.25) is 19.7 Å². The molecule has 0 aliphatic rings. The average molecular weight is 419 g/mol. The lowest BCUT2D eigenvalue weighted by Gasteiger charge is -2.10. The minimum absolute atomic E-state index is 0.197. The first kappa shape index (κ1) is 21.0. The average Bonchev–Trinajstić information content (AvgIpc) is 2.68. The van der Waals surface area contributed by atoms with Crippen molar-refractivity contribution in [3.8, 4) is 0 Å². The zero-order chi connectivity index (χ0) is 22.1. The monoisotopic (exact) mass is 419 g/mol. The number of nitrogens with zero attached hydrogens (tertiary/aromatic N) is 1. The van der Waals surface area contributed by atoms with Crippen LogP contribution in [0, 0.1) is 17.0 Å². The molecule has 30 heavy (non-hydrogen) atoms. The van der Waals surface area contributed by atoms with Crippen LogP contribution in [-0.2, 0) is 12.6 Å². The molecule has 0 bridgehead atoms. The van der Waals surface area contributed by atoms with Crippen molar-refractivity contribution in [1.29, 1.82) is 0 Å². The molecule has 0 aliphatic carbocycles. The lowest BCUT2D eigenvalue weighted by atomic mass is 10.1. The van der Waals surface area contributed by atoms with Crippen molar-refractivity contribution >= 4 is 22.5 Å². The number of hydrogen-bond donors (Lipinski definition) is 2. The van der Waals surface area contributed by atoms with Crippen LogP contribution in [0.2, 0.25) is 0 Å². The number of pyridine rings is 1. The minimum atomic E-state index is -4.89. The van der Waals surface area contributed by atoms with Crippen molar-refractivity contribution < 1.29 is 22.9 Å². The smallest absolute Gasteiger partial charge is 0.355 e. The number of aromatic amines is 1. The molecule has 2 N–H and O–H groups in total. The fourth-order valence-corrected chi connectivity index (χ4v) is 2.96. The largest absolute Gasteiger partial charge is 0.416 e. The highest BCUT2D eigenvalue weighted by molar-refractivity contribution is 5.98. The van der Waals surface area contributed by atoms with E-state index in [2.05, 4.69) is 10.3 Å². The number of H-pyrrole nitrogens is 1. The number of non-ortho nitro benzene ring substituents is 1. The Hall–Kier alpha value is -3.69. The van der Waals surface area contributed by atoms with Gasteiger partial charge in [-0.05, 0) is 25.0 Å². The normalized spacial score (nSPS) is 11.5. The van der Waals surface area contributed by atoms with Crippen molar-refractivity contribution in [2.45, 2.75) is 19.5 Å². The Morgan fingerprint density at radius 3 is 2.47 bits per heavy atom. The summed E-state index contributed by atoms with van der Waals surface area (Å²) in [5, 5.41) is 13.1. The van der Waals surface area contributed by atoms with Crippen LogP contribution in [0.3, 0.4) is 0 Å². The van der Waals surface area contributed by atoms with E-state index in [4.69, 9.17) is 0 Å². The highest BCUT2D eigenvalue weighted by Gasteiger charge is 2.34. The van der Waals surface area contributed by atoms with E-state index in [0.717, 1.165) is 17.3 Å². The van der Waals surface area contributed by atoms with Crippen LogP contribution >= 0.6 is 0 Å². The van der Waals surface area contributed by atoms with Gasteiger partial charge >= 0.3 is 6.18 Å². The summed E-state index contributed by atoms with van der Waals surface area (Å²) in [7, 11) is 0. The van der Waals surface area contributed by atoms with Crippen LogP contribution < -0.4 is 10.7 Å². The maximum absolute atomic E-state index is 13.1. The molecule has 1 amide bonds. The lowest BCUT2D eigenvalue weighted by molar-refractivity contribution is -0.383. The highest BCUT2D eigenvalue weighted by atomic mass is 19.4. The summed E-state index contributed by atoms with van der Waals surface area (Å²) in [6.07, 6.45) is -3.44. The molecule has 0 unspecified atom stereocenters. The number of nitro benzene ring substituents is 1. The van der Waals surface area contributed by atoms with E-state index in [-0.39, 0.29) is 12.1 Å². The van der Waals surface area contributed by atoms with E-state index >= 15 is 0 Å². The molecule has 0 saturated heterocycles. The van der Waals surface area contributed by atoms with E-state index in [0.29, 0.717) is 18.6 Å². The van der Waals surface area contributed by atoms with Crippen LogP contribution in [0.5, 0.6) is 0 Å². The Bertz CT molecular complexity index is 1180.